The van der Waals surface area contributed by atoms with Crippen LogP contribution in [0.1, 0.15) is 55.6 Å². The van der Waals surface area contributed by atoms with Gasteiger partial charge in [-0.15, -0.1) is 0 Å². The average Bonchev–Trinajstić information content (AvgIpc) is 1.75. The molecule has 0 unspecified atom stereocenters. The number of rotatable bonds is 7. The quantitative estimate of drug-likeness (QED) is 0.148. The third-order valence-electron chi connectivity index (χ3n) is 15.1. The summed E-state index contributed by atoms with van der Waals surface area (Å²) in [7, 11) is 0. The van der Waals surface area contributed by atoms with E-state index >= 15 is 0 Å². The molecule has 0 aliphatic rings. The maximum absolute atomic E-state index is 14.7. The second-order valence-electron chi connectivity index (χ2n) is 19.6. The summed E-state index contributed by atoms with van der Waals surface area (Å²) >= 11 is 0. The Morgan fingerprint density at radius 2 is 0.607 bits per heavy atom. The van der Waals surface area contributed by atoms with Crippen LogP contribution in [0.2, 0.25) is 0 Å². The molecule has 12 aromatic rings. The zero-order valence-corrected chi connectivity index (χ0v) is 43.4. The number of aromatic nitrogens is 2. The number of benzene rings is 10. The van der Waals surface area contributed by atoms with Crippen LogP contribution in [0.15, 0.2) is 182 Å². The van der Waals surface area contributed by atoms with E-state index in [2.05, 4.69) is 54.6 Å². The van der Waals surface area contributed by atoms with Crippen LogP contribution in [0, 0.1) is 102 Å². The maximum atomic E-state index is 14.7. The number of alkyl halides is 3. The van der Waals surface area contributed by atoms with Crippen molar-refractivity contribution in [3.8, 4) is 122 Å². The van der Waals surface area contributed by atoms with E-state index in [1.54, 1.807) is 91.0 Å². The first kappa shape index (κ1) is 51.7. The normalized spacial score (nSPS) is 10.9. The van der Waals surface area contributed by atoms with Gasteiger partial charge in [-0.2, -0.15) is 60.5 Å². The van der Waals surface area contributed by atoms with Crippen molar-refractivity contribution in [2.45, 2.75) is 6.18 Å². The molecule has 2 aromatic heterocycles. The predicted octanol–water partition coefficient (Wildman–Crippen LogP) is 16.1. The summed E-state index contributed by atoms with van der Waals surface area (Å²) in [4.78, 5) is 0. The lowest BCUT2D eigenvalue weighted by molar-refractivity contribution is -0.137. The molecule has 14 heteroatoms. The van der Waals surface area contributed by atoms with Gasteiger partial charge in [0.25, 0.3) is 0 Å². The first-order valence-electron chi connectivity index (χ1n) is 25.6. The standard InChI is InChI=1S/C70H30F3N11/c71-70(72,73)54-3-1-2-44(24-54)49-29-68(83-64-16-8-45(55-12-4-40(31-74)20-50(55)35-78)25-59(64)60-26-46(9-17-65(60)83)56-13-5-41(32-75)21-51(56)36-79)63(39-82)69(30-49)84-66-18-10-47(57-14-6-42(33-76)22-52(57)37-80)27-61(66)62-28-48(11-19-67(62)84)58-15-7-43(34-77)23-53(58)38-81/h1-30H. The van der Waals surface area contributed by atoms with Gasteiger partial charge >= 0.3 is 6.18 Å². The van der Waals surface area contributed by atoms with Crippen molar-refractivity contribution in [2.24, 2.45) is 0 Å². The van der Waals surface area contributed by atoms with E-state index in [1.807, 2.05) is 57.7 Å². The molecule has 0 amide bonds. The molecule has 10 aromatic carbocycles. The van der Waals surface area contributed by atoms with E-state index in [1.165, 1.54) is 30.3 Å². The molecule has 84 heavy (non-hydrogen) atoms. The average molecular weight is 1080 g/mol. The summed E-state index contributed by atoms with van der Waals surface area (Å²) in [5, 5.41) is 94.4. The molecule has 0 aliphatic carbocycles. The summed E-state index contributed by atoms with van der Waals surface area (Å²) in [6, 6.07) is 69.1. The van der Waals surface area contributed by atoms with Gasteiger partial charge in [0.15, 0.2) is 0 Å². The van der Waals surface area contributed by atoms with Crippen molar-refractivity contribution < 1.29 is 13.2 Å². The van der Waals surface area contributed by atoms with Crippen molar-refractivity contribution in [3.05, 3.63) is 238 Å². The van der Waals surface area contributed by atoms with Gasteiger partial charge in [0.1, 0.15) is 11.6 Å². The van der Waals surface area contributed by atoms with Crippen molar-refractivity contribution in [1.82, 2.24) is 9.13 Å². The Hall–Kier alpha value is -13.0. The largest absolute Gasteiger partial charge is 0.416 e. The van der Waals surface area contributed by atoms with Crippen molar-refractivity contribution in [2.75, 3.05) is 0 Å². The summed E-state index contributed by atoms with van der Waals surface area (Å²) in [5.41, 5.74) is 9.10. The van der Waals surface area contributed by atoms with E-state index in [4.69, 9.17) is 0 Å². The second kappa shape index (κ2) is 20.3. The van der Waals surface area contributed by atoms with E-state index in [-0.39, 0.29) is 67.0 Å². The highest BCUT2D eigenvalue weighted by Crippen LogP contribution is 2.45. The Bertz CT molecular complexity index is 4760. The van der Waals surface area contributed by atoms with Crippen LogP contribution in [0.4, 0.5) is 13.2 Å². The van der Waals surface area contributed by atoms with Gasteiger partial charge in [0, 0.05) is 21.5 Å². The van der Waals surface area contributed by atoms with E-state index < -0.39 is 11.7 Å². The molecule has 12 rings (SSSR count). The summed E-state index contributed by atoms with van der Waals surface area (Å²) in [6.45, 7) is 0. The van der Waals surface area contributed by atoms with Gasteiger partial charge in [-0.3, -0.25) is 0 Å². The third kappa shape index (κ3) is 8.57. The fraction of sp³-hybridized carbons (Fsp3) is 0.0143. The molecule has 0 radical (unpaired) electrons. The summed E-state index contributed by atoms with van der Waals surface area (Å²) in [5.74, 6) is 0. The first-order valence-corrected chi connectivity index (χ1v) is 25.6. The van der Waals surface area contributed by atoms with Crippen LogP contribution in [-0.2, 0) is 6.18 Å². The van der Waals surface area contributed by atoms with Crippen molar-refractivity contribution >= 4 is 43.6 Å². The lowest BCUT2D eigenvalue weighted by Gasteiger charge is -2.19. The zero-order valence-electron chi connectivity index (χ0n) is 43.4. The minimum absolute atomic E-state index is 0.0973. The molecule has 0 atom stereocenters. The number of nitriles is 9. The maximum Gasteiger partial charge on any atom is 0.416 e. The highest BCUT2D eigenvalue weighted by atomic mass is 19.4. The van der Waals surface area contributed by atoms with E-state index in [9.17, 15) is 60.5 Å². The number of fused-ring (bicyclic) bond motifs is 6. The Morgan fingerprint density at radius 3 is 0.881 bits per heavy atom. The fourth-order valence-corrected chi connectivity index (χ4v) is 11.2. The van der Waals surface area contributed by atoms with Crippen molar-refractivity contribution in [3.63, 3.8) is 0 Å². The molecule has 11 nitrogen and oxygen atoms in total. The van der Waals surface area contributed by atoms with Gasteiger partial charge in [0.2, 0.25) is 0 Å². The number of nitrogens with zero attached hydrogens (tertiary/aromatic N) is 11. The molecule has 0 fully saturated rings. The smallest absolute Gasteiger partial charge is 0.308 e. The Kier molecular flexibility index (Phi) is 12.5. The van der Waals surface area contributed by atoms with Gasteiger partial charge in [0.05, 0.1) is 132 Å². The minimum atomic E-state index is -4.72. The van der Waals surface area contributed by atoms with Crippen LogP contribution < -0.4 is 0 Å². The highest BCUT2D eigenvalue weighted by molar-refractivity contribution is 6.14. The van der Waals surface area contributed by atoms with Crippen LogP contribution in [0.5, 0.6) is 0 Å². The van der Waals surface area contributed by atoms with Crippen LogP contribution in [-0.4, -0.2) is 9.13 Å². The highest BCUT2D eigenvalue weighted by Gasteiger charge is 2.31. The Labute approximate surface area is 476 Å². The fourth-order valence-electron chi connectivity index (χ4n) is 11.2. The van der Waals surface area contributed by atoms with Crippen LogP contribution in [0.3, 0.4) is 0 Å². The molecule has 0 saturated carbocycles. The van der Waals surface area contributed by atoms with E-state index in [0.29, 0.717) is 93.7 Å². The molecule has 0 spiro atoms. The minimum Gasteiger partial charge on any atom is -0.308 e. The Morgan fingerprint density at radius 1 is 0.286 bits per heavy atom. The zero-order chi connectivity index (χ0) is 58.6. The number of halogens is 3. The van der Waals surface area contributed by atoms with Crippen molar-refractivity contribution in [1.29, 1.82) is 47.4 Å². The number of hydrogen-bond acceptors (Lipinski definition) is 9. The summed E-state index contributed by atoms with van der Waals surface area (Å²) in [6.07, 6.45) is -4.72. The monoisotopic (exact) mass is 1080 g/mol. The van der Waals surface area contributed by atoms with Gasteiger partial charge < -0.3 is 9.13 Å². The molecule has 0 aliphatic heterocycles. The Balaban J connectivity index is 1.20. The lowest BCUT2D eigenvalue weighted by Crippen LogP contribution is -2.06. The topological polar surface area (TPSA) is 224 Å². The first-order chi connectivity index (χ1) is 40.8. The molecule has 0 bridgehead atoms. The third-order valence-corrected chi connectivity index (χ3v) is 15.1. The number of hydrogen-bond donors (Lipinski definition) is 0. The van der Waals surface area contributed by atoms with Gasteiger partial charge in [-0.25, -0.2) is 0 Å². The molecule has 0 saturated heterocycles. The van der Waals surface area contributed by atoms with Crippen LogP contribution >= 0.6 is 0 Å². The predicted molar refractivity (Wildman–Crippen MR) is 310 cm³/mol. The van der Waals surface area contributed by atoms with E-state index in [0.717, 1.165) is 12.1 Å². The van der Waals surface area contributed by atoms with Crippen LogP contribution in [0.25, 0.3) is 111 Å². The molecule has 0 N–H and O–H groups in total. The molecular formula is C70H30F3N11. The molecular weight excluding hydrogens is 1050 g/mol. The molecule has 2 heterocycles. The summed E-state index contributed by atoms with van der Waals surface area (Å²) < 4.78 is 47.8. The van der Waals surface area contributed by atoms with Gasteiger partial charge in [-0.05, 0) is 177 Å². The SMILES string of the molecule is N#Cc1ccc(-c2ccc3c(c2)c2cc(-c4ccc(C#N)cc4C#N)ccc2n3-c2cc(-c3cccc(C(F)(F)F)c3)cc(-n3c4ccc(-c5ccc(C#N)cc5C#N)cc4c4cc(-c5ccc(C#N)cc5C#N)ccc43)c2C#N)c(C#N)c1. The molecule has 386 valence electrons. The lowest BCUT2D eigenvalue weighted by atomic mass is 9.95. The van der Waals surface area contributed by atoms with Gasteiger partial charge in [-0.1, -0.05) is 60.7 Å². The second-order valence-corrected chi connectivity index (χ2v) is 19.6.